The van der Waals surface area contributed by atoms with E-state index in [1.54, 1.807) is 0 Å². The van der Waals surface area contributed by atoms with Gasteiger partial charge in [-0.3, -0.25) is 0 Å². The predicted octanol–water partition coefficient (Wildman–Crippen LogP) is 26.6. The van der Waals surface area contributed by atoms with Gasteiger partial charge in [-0.25, -0.2) is 0 Å². The molecule has 12 aromatic rings. The summed E-state index contributed by atoms with van der Waals surface area (Å²) < 4.78 is 0.242. The number of rotatable bonds is 17. The van der Waals surface area contributed by atoms with E-state index in [0.717, 1.165) is 25.7 Å². The fraction of sp³-hybridized carbons (Fsp3) is 0.182. The van der Waals surface area contributed by atoms with E-state index < -0.39 is 41.4 Å². The summed E-state index contributed by atoms with van der Waals surface area (Å²) in [4.78, 5) is 0. The van der Waals surface area contributed by atoms with Crippen LogP contribution in [0.3, 0.4) is 0 Å². The zero-order valence-corrected chi connectivity index (χ0v) is 66.6. The minimum atomic E-state index is -6.69. The summed E-state index contributed by atoms with van der Waals surface area (Å²) in [5.74, 6) is 0. The van der Waals surface area contributed by atoms with Gasteiger partial charge in [0, 0.05) is 0 Å². The van der Waals surface area contributed by atoms with E-state index in [2.05, 4.69) is 308 Å². The van der Waals surface area contributed by atoms with Crippen molar-refractivity contribution in [3.63, 3.8) is 0 Å². The topological polar surface area (TPSA) is 0 Å². The molecule has 0 fully saturated rings. The van der Waals surface area contributed by atoms with Crippen LogP contribution in [0.1, 0.15) is 112 Å². The number of hydrogen-bond acceptors (Lipinski definition) is 0. The van der Waals surface area contributed by atoms with Crippen LogP contribution in [-0.2, 0) is 28.1 Å². The van der Waals surface area contributed by atoms with Gasteiger partial charge in [0.05, 0.1) is 0 Å². The molecule has 12 aromatic carbocycles. The number of halogens is 4. The average molecular weight is 1520 g/mol. The van der Waals surface area contributed by atoms with Crippen LogP contribution in [0.25, 0.3) is 112 Å². The van der Waals surface area contributed by atoms with Gasteiger partial charge in [-0.05, 0) is 0 Å². The molecule has 0 amide bonds. The second-order valence-electron chi connectivity index (χ2n) is 29.1. The normalized spacial score (nSPS) is 19.1. The van der Waals surface area contributed by atoms with Crippen molar-refractivity contribution >= 4 is 115 Å². The molecule has 0 saturated carbocycles. The van der Waals surface area contributed by atoms with E-state index in [1.807, 2.05) is 0 Å². The first-order valence-electron chi connectivity index (χ1n) is 35.4. The van der Waals surface area contributed by atoms with Gasteiger partial charge in [-0.1, -0.05) is 0 Å². The number of benzene rings is 12. The van der Waals surface area contributed by atoms with Crippen LogP contribution in [0.15, 0.2) is 265 Å². The zero-order valence-electron chi connectivity index (χ0n) is 55.9. The molecule has 4 atom stereocenters. The van der Waals surface area contributed by atoms with Gasteiger partial charge in [-0.15, -0.1) is 0 Å². The third-order valence-corrected chi connectivity index (χ3v) is 137. The Morgan fingerprint density at radius 2 is 0.458 bits per heavy atom. The fourth-order valence-corrected chi connectivity index (χ4v) is 140. The molecule has 4 unspecified atom stereocenters. The van der Waals surface area contributed by atoms with Gasteiger partial charge in [0.1, 0.15) is 0 Å². The van der Waals surface area contributed by atoms with Gasteiger partial charge in [0.25, 0.3) is 0 Å². The molecule has 4 aliphatic rings. The SMILES string of the molecule is CCC1=Cc2c(-c3cccc4ccccc34)cccc2[CH]1[Zr]([Cl])([Cl])([CH2][CH2][Zr]([Cl])([Cl])([SiH2]C)([CH]1C(CC)=Cc2c(-c3cccc4ccccc34)cccc21)[CH]1C(CC)=Cc2c(-c3cccc4ccccc34)cccc21)([SiH2]C)[CH]1C(CC)=Cc2c(-c3cccc4ccccc34)cccc21. The van der Waals surface area contributed by atoms with Crippen LogP contribution in [0, 0.1) is 0 Å². The number of allylic oxidation sites excluding steroid dienone is 4. The van der Waals surface area contributed by atoms with Gasteiger partial charge in [-0.2, -0.15) is 0 Å². The van der Waals surface area contributed by atoms with Gasteiger partial charge in [0.2, 0.25) is 0 Å². The number of fused-ring (bicyclic) bond motifs is 8. The van der Waals surface area contributed by atoms with E-state index in [4.69, 9.17) is 0 Å². The zero-order chi connectivity index (χ0) is 66.1. The third kappa shape index (κ3) is 9.34. The Kier molecular flexibility index (Phi) is 15.7. The maximum absolute atomic E-state index is 10.5. The Hall–Kier alpha value is -6.00. The predicted molar refractivity (Wildman–Crippen MR) is 423 cm³/mol. The van der Waals surface area contributed by atoms with Crippen molar-refractivity contribution in [2.75, 3.05) is 0 Å². The van der Waals surface area contributed by atoms with Crippen molar-refractivity contribution < 1.29 is 28.1 Å². The molecule has 4 aliphatic carbocycles. The molecule has 0 aromatic heterocycles. The fourth-order valence-electron chi connectivity index (χ4n) is 20.3. The molecule has 8 heteroatoms. The Balaban J connectivity index is 1.000. The second kappa shape index (κ2) is 23.3. The van der Waals surface area contributed by atoms with Crippen LogP contribution in [0.4, 0.5) is 0 Å². The van der Waals surface area contributed by atoms with Crippen molar-refractivity contribution in [1.82, 2.24) is 0 Å². The number of hydrogen-bond donors (Lipinski definition) is 0. The monoisotopic (exact) mass is 1510 g/mol. The maximum atomic E-state index is 10.5. The van der Waals surface area contributed by atoms with Crippen molar-refractivity contribution in [3.8, 4) is 44.5 Å². The molecule has 0 bridgehead atoms. The van der Waals surface area contributed by atoms with Crippen LogP contribution < -0.4 is 0 Å². The Bertz CT molecular complexity index is 4760. The summed E-state index contributed by atoms with van der Waals surface area (Å²) in [5.41, 5.74) is 25.4. The van der Waals surface area contributed by atoms with Gasteiger partial charge >= 0.3 is 586 Å². The van der Waals surface area contributed by atoms with E-state index in [-0.39, 0.29) is 14.5 Å². The average Bonchev–Trinajstić information content (AvgIpc) is 1.28. The van der Waals surface area contributed by atoms with Crippen LogP contribution in [0.2, 0.25) is 21.4 Å². The van der Waals surface area contributed by atoms with E-state index in [1.165, 1.54) is 154 Å². The molecule has 0 N–H and O–H groups in total. The third-order valence-electron chi connectivity index (χ3n) is 25.0. The quantitative estimate of drug-likeness (QED) is 0.0797. The van der Waals surface area contributed by atoms with E-state index in [9.17, 15) is 34.1 Å². The molecule has 0 spiro atoms. The molecule has 0 heterocycles. The molecular formula is C88H82Cl4Si2Zr2. The van der Waals surface area contributed by atoms with Crippen LogP contribution in [0.5, 0.6) is 0 Å². The van der Waals surface area contributed by atoms with E-state index in [0.29, 0.717) is 8.26 Å². The molecule has 96 heavy (non-hydrogen) atoms. The van der Waals surface area contributed by atoms with Gasteiger partial charge < -0.3 is 0 Å². The summed E-state index contributed by atoms with van der Waals surface area (Å²) >= 11 is -13.4. The first-order valence-corrected chi connectivity index (χ1v) is 71.8. The Morgan fingerprint density at radius 1 is 0.260 bits per heavy atom. The van der Waals surface area contributed by atoms with Crippen molar-refractivity contribution in [1.29, 1.82) is 0 Å². The van der Waals surface area contributed by atoms with Crippen molar-refractivity contribution in [2.24, 2.45) is 0 Å². The van der Waals surface area contributed by atoms with Gasteiger partial charge in [0.15, 0.2) is 0 Å². The Labute approximate surface area is 579 Å². The molecule has 478 valence electrons. The summed E-state index contributed by atoms with van der Waals surface area (Å²) in [5, 5.41) is 9.87. The van der Waals surface area contributed by atoms with Crippen molar-refractivity contribution in [2.45, 2.75) is 89.2 Å². The molecule has 16 rings (SSSR count). The Morgan fingerprint density at radius 3 is 0.677 bits per heavy atom. The van der Waals surface area contributed by atoms with Crippen LogP contribution in [-0.4, -0.2) is 13.3 Å². The van der Waals surface area contributed by atoms with E-state index >= 15 is 0 Å². The summed E-state index contributed by atoms with van der Waals surface area (Å²) in [6.07, 6.45) is 13.5. The first kappa shape index (κ1) is 64.7. The second-order valence-corrected chi connectivity index (χ2v) is 136. The molecule has 0 saturated heterocycles. The summed E-state index contributed by atoms with van der Waals surface area (Å²) in [6, 6.07) is 90.9. The van der Waals surface area contributed by atoms with Crippen LogP contribution >= 0.6 is 34.1 Å². The molecular weight excluding hydrogens is 1440 g/mol. The molecule has 0 aliphatic heterocycles. The minimum absolute atomic E-state index is 0.236. The van der Waals surface area contributed by atoms with Crippen molar-refractivity contribution in [3.05, 3.63) is 309 Å². The standard InChI is InChI=1S/4C21H17.C2H4.2CH5Si.4ClH.2Zr/c4*1-2-15-13-17-9-6-12-20(21(17)14-15)19-11-5-8-16-7-3-4-10-18(16)19;3*1-2;;;;;;/h4*3-14H,2H2,1H3;1-2H2;2*2H2,1H3;4*1H;;/q;;;;;;;;;;;2*+2/p-4. The summed E-state index contributed by atoms with van der Waals surface area (Å²) in [6.45, 7) is 11.5. The summed E-state index contributed by atoms with van der Waals surface area (Å²) in [7, 11) is 41.8. The first-order chi connectivity index (χ1) is 46.5. The molecule has 0 nitrogen and oxygen atoms in total. The molecule has 0 radical (unpaired) electrons.